The number of benzene rings is 2. The van der Waals surface area contributed by atoms with Crippen LogP contribution in [-0.4, -0.2) is 31.5 Å². The fourth-order valence-corrected chi connectivity index (χ4v) is 2.52. The molecule has 0 aliphatic rings. The van der Waals surface area contributed by atoms with Crippen LogP contribution < -0.4 is 15.4 Å². The number of hydrogen-bond donors (Lipinski definition) is 2. The van der Waals surface area contributed by atoms with Gasteiger partial charge in [-0.25, -0.2) is 0 Å². The van der Waals surface area contributed by atoms with E-state index in [-0.39, 0.29) is 18.4 Å². The van der Waals surface area contributed by atoms with Crippen molar-refractivity contribution in [3.05, 3.63) is 64.2 Å². The highest BCUT2D eigenvalue weighted by atomic mass is 35.5. The first kappa shape index (κ1) is 18.8. The first-order chi connectivity index (χ1) is 12.0. The van der Waals surface area contributed by atoms with E-state index < -0.39 is 0 Å². The van der Waals surface area contributed by atoms with Crippen LogP contribution in [0.15, 0.2) is 42.5 Å². The second-order valence-electron chi connectivity index (χ2n) is 5.61. The van der Waals surface area contributed by atoms with Crippen molar-refractivity contribution in [1.82, 2.24) is 10.6 Å². The van der Waals surface area contributed by atoms with E-state index in [0.717, 1.165) is 16.9 Å². The SMILES string of the molecule is Cc1cccc(C)c1OCCNC(=O)CNC(=O)c1cccc(Cl)c1. The number of para-hydroxylation sites is 1. The highest BCUT2D eigenvalue weighted by Gasteiger charge is 2.08. The van der Waals surface area contributed by atoms with Gasteiger partial charge < -0.3 is 15.4 Å². The maximum atomic E-state index is 11.9. The van der Waals surface area contributed by atoms with Gasteiger partial charge in [0.2, 0.25) is 5.91 Å². The molecular formula is C19H21ClN2O3. The molecule has 2 aromatic rings. The van der Waals surface area contributed by atoms with Crippen molar-refractivity contribution in [2.75, 3.05) is 19.7 Å². The first-order valence-corrected chi connectivity index (χ1v) is 8.34. The lowest BCUT2D eigenvalue weighted by Crippen LogP contribution is -2.38. The van der Waals surface area contributed by atoms with Crippen molar-refractivity contribution < 1.29 is 14.3 Å². The Hall–Kier alpha value is -2.53. The molecule has 0 saturated heterocycles. The third kappa shape index (κ3) is 5.80. The molecule has 2 aromatic carbocycles. The molecule has 0 spiro atoms. The van der Waals surface area contributed by atoms with Crippen LogP contribution in [-0.2, 0) is 4.79 Å². The number of nitrogens with one attached hydrogen (secondary N) is 2. The van der Waals surface area contributed by atoms with Crippen molar-refractivity contribution in [2.24, 2.45) is 0 Å². The minimum Gasteiger partial charge on any atom is -0.491 e. The van der Waals surface area contributed by atoms with Crippen molar-refractivity contribution in [3.8, 4) is 5.75 Å². The zero-order valence-electron chi connectivity index (χ0n) is 14.3. The number of rotatable bonds is 7. The van der Waals surface area contributed by atoms with Gasteiger partial charge in [-0.15, -0.1) is 0 Å². The van der Waals surface area contributed by atoms with Gasteiger partial charge in [-0.2, -0.15) is 0 Å². The Balaban J connectivity index is 1.70. The van der Waals surface area contributed by atoms with E-state index in [4.69, 9.17) is 16.3 Å². The van der Waals surface area contributed by atoms with E-state index in [9.17, 15) is 9.59 Å². The molecule has 25 heavy (non-hydrogen) atoms. The van der Waals surface area contributed by atoms with Gasteiger partial charge >= 0.3 is 0 Å². The Labute approximate surface area is 152 Å². The minimum atomic E-state index is -0.343. The highest BCUT2D eigenvalue weighted by Crippen LogP contribution is 2.21. The molecule has 2 N–H and O–H groups in total. The summed E-state index contributed by atoms with van der Waals surface area (Å²) >= 11 is 5.84. The molecule has 2 rings (SSSR count). The second kappa shape index (κ2) is 9.08. The van der Waals surface area contributed by atoms with Crippen LogP contribution >= 0.6 is 11.6 Å². The van der Waals surface area contributed by atoms with Crippen molar-refractivity contribution in [3.63, 3.8) is 0 Å². The predicted molar refractivity (Wildman–Crippen MR) is 98.2 cm³/mol. The van der Waals surface area contributed by atoms with Crippen LogP contribution in [0, 0.1) is 13.8 Å². The number of hydrogen-bond acceptors (Lipinski definition) is 3. The normalized spacial score (nSPS) is 10.2. The second-order valence-corrected chi connectivity index (χ2v) is 6.05. The van der Waals surface area contributed by atoms with E-state index in [2.05, 4.69) is 10.6 Å². The molecule has 0 radical (unpaired) electrons. The molecular weight excluding hydrogens is 340 g/mol. The summed E-state index contributed by atoms with van der Waals surface area (Å²) in [6, 6.07) is 12.5. The summed E-state index contributed by atoms with van der Waals surface area (Å²) in [5.41, 5.74) is 2.53. The topological polar surface area (TPSA) is 67.4 Å². The van der Waals surface area contributed by atoms with Crippen LogP contribution in [0.25, 0.3) is 0 Å². The minimum absolute atomic E-state index is 0.102. The first-order valence-electron chi connectivity index (χ1n) is 7.97. The molecule has 0 unspecified atom stereocenters. The van der Waals surface area contributed by atoms with Gasteiger partial charge in [0.1, 0.15) is 12.4 Å². The van der Waals surface area contributed by atoms with Crippen LogP contribution in [0.2, 0.25) is 5.02 Å². The number of halogens is 1. The van der Waals surface area contributed by atoms with Crippen LogP contribution in [0.3, 0.4) is 0 Å². The van der Waals surface area contributed by atoms with E-state index >= 15 is 0 Å². The van der Waals surface area contributed by atoms with Gasteiger partial charge in [0.15, 0.2) is 0 Å². The number of aryl methyl sites for hydroxylation is 2. The summed E-state index contributed by atoms with van der Waals surface area (Å²) in [4.78, 5) is 23.7. The summed E-state index contributed by atoms with van der Waals surface area (Å²) in [6.07, 6.45) is 0. The molecule has 0 aromatic heterocycles. The quantitative estimate of drug-likeness (QED) is 0.746. The molecule has 132 valence electrons. The number of amides is 2. The lowest BCUT2D eigenvalue weighted by molar-refractivity contribution is -0.120. The molecule has 0 atom stereocenters. The van der Waals surface area contributed by atoms with Gasteiger partial charge in [0, 0.05) is 10.6 Å². The van der Waals surface area contributed by atoms with Crippen molar-refractivity contribution in [2.45, 2.75) is 13.8 Å². The van der Waals surface area contributed by atoms with Gasteiger partial charge in [-0.3, -0.25) is 9.59 Å². The Kier molecular flexibility index (Phi) is 6.83. The maximum Gasteiger partial charge on any atom is 0.251 e. The van der Waals surface area contributed by atoms with Crippen molar-refractivity contribution in [1.29, 1.82) is 0 Å². The lowest BCUT2D eigenvalue weighted by atomic mass is 10.1. The standard InChI is InChI=1S/C19H21ClN2O3/c1-13-5-3-6-14(2)18(13)25-10-9-21-17(23)12-22-19(24)15-7-4-8-16(20)11-15/h3-8,11H,9-10,12H2,1-2H3,(H,21,23)(H,22,24). The predicted octanol–water partition coefficient (Wildman–Crippen LogP) is 2.88. The molecule has 2 amide bonds. The van der Waals surface area contributed by atoms with E-state index in [1.807, 2.05) is 32.0 Å². The molecule has 5 nitrogen and oxygen atoms in total. The molecule has 0 saturated carbocycles. The fraction of sp³-hybridized carbons (Fsp3) is 0.263. The van der Waals surface area contributed by atoms with E-state index in [1.54, 1.807) is 24.3 Å². The van der Waals surface area contributed by atoms with Crippen LogP contribution in [0.5, 0.6) is 5.75 Å². The van der Waals surface area contributed by atoms with E-state index in [1.165, 1.54) is 0 Å². The molecule has 0 aliphatic carbocycles. The van der Waals surface area contributed by atoms with E-state index in [0.29, 0.717) is 23.7 Å². The number of carbonyl (C=O) groups is 2. The average molecular weight is 361 g/mol. The zero-order valence-corrected chi connectivity index (χ0v) is 15.0. The molecule has 0 bridgehead atoms. The van der Waals surface area contributed by atoms with Gasteiger partial charge in [0.05, 0.1) is 13.1 Å². The number of carbonyl (C=O) groups excluding carboxylic acids is 2. The third-order valence-electron chi connectivity index (χ3n) is 3.58. The Morgan fingerprint density at radius 2 is 1.72 bits per heavy atom. The summed E-state index contributed by atoms with van der Waals surface area (Å²) in [5, 5.41) is 5.73. The Morgan fingerprint density at radius 3 is 2.40 bits per heavy atom. The summed E-state index contributed by atoms with van der Waals surface area (Å²) in [7, 11) is 0. The molecule has 0 fully saturated rings. The molecule has 0 heterocycles. The summed E-state index contributed by atoms with van der Waals surface area (Å²) in [6.45, 7) is 4.58. The zero-order chi connectivity index (χ0) is 18.2. The Bertz CT molecular complexity index is 742. The monoisotopic (exact) mass is 360 g/mol. The highest BCUT2D eigenvalue weighted by molar-refractivity contribution is 6.30. The molecule has 0 aliphatic heterocycles. The summed E-state index contributed by atoms with van der Waals surface area (Å²) in [5.74, 6) is 0.218. The average Bonchev–Trinajstić information content (AvgIpc) is 2.58. The maximum absolute atomic E-state index is 11.9. The van der Waals surface area contributed by atoms with Crippen LogP contribution in [0.1, 0.15) is 21.5 Å². The van der Waals surface area contributed by atoms with Gasteiger partial charge in [-0.1, -0.05) is 35.9 Å². The Morgan fingerprint density at radius 1 is 1.04 bits per heavy atom. The largest absolute Gasteiger partial charge is 0.491 e. The smallest absolute Gasteiger partial charge is 0.251 e. The van der Waals surface area contributed by atoms with Crippen molar-refractivity contribution >= 4 is 23.4 Å². The van der Waals surface area contributed by atoms with Crippen LogP contribution in [0.4, 0.5) is 0 Å². The lowest BCUT2D eigenvalue weighted by Gasteiger charge is -2.12. The van der Waals surface area contributed by atoms with Gasteiger partial charge in [0.25, 0.3) is 5.91 Å². The fourth-order valence-electron chi connectivity index (χ4n) is 2.33. The van der Waals surface area contributed by atoms with Gasteiger partial charge in [-0.05, 0) is 43.2 Å². The molecule has 6 heteroatoms. The summed E-state index contributed by atoms with van der Waals surface area (Å²) < 4.78 is 5.71. The third-order valence-corrected chi connectivity index (χ3v) is 3.81. The number of ether oxygens (including phenoxy) is 1.